The van der Waals surface area contributed by atoms with Gasteiger partial charge in [0, 0.05) is 13.0 Å². The van der Waals surface area contributed by atoms with Crippen LogP contribution < -0.4 is 5.32 Å². The largest absolute Gasteiger partial charge is 0.389 e. The van der Waals surface area contributed by atoms with Crippen LogP contribution in [-0.4, -0.2) is 19.3 Å². The van der Waals surface area contributed by atoms with Crippen molar-refractivity contribution in [1.82, 2.24) is 5.32 Å². The Bertz CT molecular complexity index is 194. The van der Waals surface area contributed by atoms with Gasteiger partial charge in [-0.2, -0.15) is 13.2 Å². The second-order valence-corrected chi connectivity index (χ2v) is 4.91. The van der Waals surface area contributed by atoms with E-state index < -0.39 is 12.6 Å². The van der Waals surface area contributed by atoms with E-state index in [2.05, 4.69) is 19.2 Å². The van der Waals surface area contributed by atoms with Crippen molar-refractivity contribution in [1.29, 1.82) is 0 Å². The van der Waals surface area contributed by atoms with Crippen LogP contribution >= 0.6 is 0 Å². The van der Waals surface area contributed by atoms with Crippen LogP contribution in [0.1, 0.15) is 39.5 Å². The molecule has 90 valence electrons. The van der Waals surface area contributed by atoms with Crippen molar-refractivity contribution < 1.29 is 13.2 Å². The Morgan fingerprint density at radius 3 is 2.27 bits per heavy atom. The van der Waals surface area contributed by atoms with Crippen molar-refractivity contribution in [2.75, 3.05) is 13.1 Å². The fourth-order valence-electron chi connectivity index (χ4n) is 1.87. The van der Waals surface area contributed by atoms with Gasteiger partial charge in [0.05, 0.1) is 0 Å². The average Bonchev–Trinajstić information content (AvgIpc) is 2.82. The lowest BCUT2D eigenvalue weighted by molar-refractivity contribution is -0.135. The van der Waals surface area contributed by atoms with Crippen LogP contribution in [0.15, 0.2) is 0 Å². The number of nitrogens with one attached hydrogen (secondary N) is 1. The molecule has 1 rings (SSSR count). The van der Waals surface area contributed by atoms with Gasteiger partial charge in [-0.3, -0.25) is 0 Å². The zero-order valence-electron chi connectivity index (χ0n) is 9.45. The first-order chi connectivity index (χ1) is 6.86. The molecule has 1 aliphatic carbocycles. The number of hydrogen-bond donors (Lipinski definition) is 1. The van der Waals surface area contributed by atoms with Crippen molar-refractivity contribution >= 4 is 0 Å². The van der Waals surface area contributed by atoms with Gasteiger partial charge in [-0.15, -0.1) is 0 Å². The molecule has 0 heterocycles. The molecular formula is C11H20F3N. The van der Waals surface area contributed by atoms with Gasteiger partial charge >= 0.3 is 6.18 Å². The Morgan fingerprint density at radius 1 is 1.27 bits per heavy atom. The van der Waals surface area contributed by atoms with Gasteiger partial charge in [0.2, 0.25) is 0 Å². The third kappa shape index (κ3) is 4.41. The fraction of sp³-hybridized carbons (Fsp3) is 1.00. The normalized spacial score (nSPS) is 19.6. The Kier molecular flexibility index (Phi) is 4.04. The number of alkyl halides is 3. The first kappa shape index (κ1) is 12.8. The van der Waals surface area contributed by atoms with E-state index in [1.54, 1.807) is 0 Å². The van der Waals surface area contributed by atoms with Crippen LogP contribution in [0.4, 0.5) is 13.2 Å². The highest BCUT2D eigenvalue weighted by atomic mass is 19.4. The molecule has 0 aromatic heterocycles. The Balaban J connectivity index is 2.03. The highest BCUT2D eigenvalue weighted by Gasteiger charge is 2.44. The maximum atomic E-state index is 11.8. The highest BCUT2D eigenvalue weighted by molar-refractivity contribution is 4.96. The minimum absolute atomic E-state index is 0.192. The molecule has 0 unspecified atom stereocenters. The summed E-state index contributed by atoms with van der Waals surface area (Å²) in [5.74, 6) is 0.632. The lowest BCUT2D eigenvalue weighted by Gasteiger charge is -2.20. The van der Waals surface area contributed by atoms with Crippen molar-refractivity contribution in [2.24, 2.45) is 11.3 Å². The molecule has 1 aliphatic rings. The van der Waals surface area contributed by atoms with Crippen molar-refractivity contribution in [3.05, 3.63) is 0 Å². The summed E-state index contributed by atoms with van der Waals surface area (Å²) in [6.45, 7) is 5.73. The van der Waals surface area contributed by atoms with Crippen molar-refractivity contribution in [2.45, 2.75) is 45.7 Å². The van der Waals surface area contributed by atoms with Crippen LogP contribution in [-0.2, 0) is 0 Å². The molecule has 1 N–H and O–H groups in total. The third-order valence-electron chi connectivity index (χ3n) is 3.41. The maximum absolute atomic E-state index is 11.8. The fourth-order valence-corrected chi connectivity index (χ4v) is 1.87. The zero-order chi connectivity index (χ0) is 11.5. The molecule has 0 aliphatic heterocycles. The Labute approximate surface area is 89.4 Å². The average molecular weight is 223 g/mol. The predicted octanol–water partition coefficient (Wildman–Crippen LogP) is 3.35. The summed E-state index contributed by atoms with van der Waals surface area (Å²) in [5, 5.41) is 3.14. The van der Waals surface area contributed by atoms with E-state index >= 15 is 0 Å². The van der Waals surface area contributed by atoms with Crippen LogP contribution in [0.3, 0.4) is 0 Å². The van der Waals surface area contributed by atoms with E-state index in [1.807, 2.05) is 0 Å². The van der Waals surface area contributed by atoms with Gasteiger partial charge < -0.3 is 5.32 Å². The SMILES string of the molecule is CC(C)C1(CNCCCC(F)(F)F)CC1. The van der Waals surface area contributed by atoms with Gasteiger partial charge in [0.25, 0.3) is 0 Å². The molecule has 0 amide bonds. The van der Waals surface area contributed by atoms with Crippen LogP contribution in [0.2, 0.25) is 0 Å². The summed E-state index contributed by atoms with van der Waals surface area (Å²) in [5.41, 5.74) is 0.387. The topological polar surface area (TPSA) is 12.0 Å². The molecule has 0 bridgehead atoms. The van der Waals surface area contributed by atoms with Crippen molar-refractivity contribution in [3.63, 3.8) is 0 Å². The second-order valence-electron chi connectivity index (χ2n) is 4.91. The smallest absolute Gasteiger partial charge is 0.316 e. The van der Waals surface area contributed by atoms with Gasteiger partial charge in [-0.1, -0.05) is 13.8 Å². The molecule has 15 heavy (non-hydrogen) atoms. The summed E-state index contributed by atoms with van der Waals surface area (Å²) < 4.78 is 35.5. The minimum Gasteiger partial charge on any atom is -0.316 e. The van der Waals surface area contributed by atoms with Crippen LogP contribution in [0.5, 0.6) is 0 Å². The summed E-state index contributed by atoms with van der Waals surface area (Å²) in [4.78, 5) is 0. The van der Waals surface area contributed by atoms with E-state index in [0.717, 1.165) is 6.54 Å². The molecule has 1 fully saturated rings. The molecule has 1 saturated carbocycles. The molecule has 0 radical (unpaired) electrons. The zero-order valence-corrected chi connectivity index (χ0v) is 9.45. The standard InChI is InChI=1S/C11H20F3N/c1-9(2)10(5-6-10)8-15-7-3-4-11(12,13)14/h9,15H,3-8H2,1-2H3. The molecule has 0 saturated heterocycles. The molecule has 0 aromatic carbocycles. The first-order valence-corrected chi connectivity index (χ1v) is 5.63. The van der Waals surface area contributed by atoms with Gasteiger partial charge in [-0.25, -0.2) is 0 Å². The molecule has 0 spiro atoms. The summed E-state index contributed by atoms with van der Waals surface area (Å²) >= 11 is 0. The molecule has 0 atom stereocenters. The quantitative estimate of drug-likeness (QED) is 0.681. The third-order valence-corrected chi connectivity index (χ3v) is 3.41. The van der Waals surface area contributed by atoms with E-state index in [1.165, 1.54) is 12.8 Å². The predicted molar refractivity (Wildman–Crippen MR) is 54.7 cm³/mol. The van der Waals surface area contributed by atoms with Crippen LogP contribution in [0, 0.1) is 11.3 Å². The minimum atomic E-state index is -4.00. The van der Waals surface area contributed by atoms with Gasteiger partial charge in [-0.05, 0) is 37.1 Å². The molecular weight excluding hydrogens is 203 g/mol. The number of hydrogen-bond acceptors (Lipinski definition) is 1. The van der Waals surface area contributed by atoms with Crippen LogP contribution in [0.25, 0.3) is 0 Å². The summed E-state index contributed by atoms with van der Waals surface area (Å²) in [6, 6.07) is 0. The first-order valence-electron chi connectivity index (χ1n) is 5.63. The van der Waals surface area contributed by atoms with Crippen molar-refractivity contribution in [3.8, 4) is 0 Å². The molecule has 4 heteroatoms. The number of rotatable bonds is 6. The summed E-state index contributed by atoms with van der Waals surface area (Å²) in [6.07, 6.45) is -2.04. The Hall–Kier alpha value is -0.250. The molecule has 0 aromatic rings. The van der Waals surface area contributed by atoms with E-state index in [9.17, 15) is 13.2 Å². The lowest BCUT2D eigenvalue weighted by Crippen LogP contribution is -2.28. The Morgan fingerprint density at radius 2 is 1.87 bits per heavy atom. The monoisotopic (exact) mass is 223 g/mol. The molecule has 1 nitrogen and oxygen atoms in total. The van der Waals surface area contributed by atoms with Gasteiger partial charge in [0.1, 0.15) is 0 Å². The second kappa shape index (κ2) is 4.73. The number of halogens is 3. The highest BCUT2D eigenvalue weighted by Crippen LogP contribution is 2.51. The summed E-state index contributed by atoms with van der Waals surface area (Å²) in [7, 11) is 0. The van der Waals surface area contributed by atoms with E-state index in [-0.39, 0.29) is 6.42 Å². The lowest BCUT2D eigenvalue weighted by atomic mass is 9.92. The van der Waals surface area contributed by atoms with E-state index in [0.29, 0.717) is 17.9 Å². The maximum Gasteiger partial charge on any atom is 0.389 e. The van der Waals surface area contributed by atoms with Gasteiger partial charge in [0.15, 0.2) is 0 Å². The van der Waals surface area contributed by atoms with E-state index in [4.69, 9.17) is 0 Å².